The van der Waals surface area contributed by atoms with Gasteiger partial charge in [-0.1, -0.05) is 6.92 Å². The van der Waals surface area contributed by atoms with Crippen LogP contribution in [-0.2, 0) is 22.6 Å². The summed E-state index contributed by atoms with van der Waals surface area (Å²) in [6, 6.07) is 0. The number of nitrogens with zero attached hydrogens (tertiary/aromatic N) is 2. The molecule has 120 valence electrons. The van der Waals surface area contributed by atoms with Gasteiger partial charge in [-0.3, -0.25) is 0 Å². The van der Waals surface area contributed by atoms with Crippen LogP contribution in [0.15, 0.2) is 0 Å². The lowest BCUT2D eigenvalue weighted by molar-refractivity contribution is 0.0643. The van der Waals surface area contributed by atoms with E-state index in [0.717, 1.165) is 50.1 Å². The number of hydrogen-bond acceptors (Lipinski definition) is 6. The van der Waals surface area contributed by atoms with E-state index in [-0.39, 0.29) is 5.54 Å². The van der Waals surface area contributed by atoms with Gasteiger partial charge in [-0.05, 0) is 26.8 Å². The van der Waals surface area contributed by atoms with E-state index in [1.807, 2.05) is 0 Å². The number of nitrogens with one attached hydrogen (secondary N) is 1. The highest BCUT2D eigenvalue weighted by molar-refractivity contribution is 7.15. The third-order valence-corrected chi connectivity index (χ3v) is 4.76. The van der Waals surface area contributed by atoms with Crippen molar-refractivity contribution in [2.75, 3.05) is 38.3 Å². The predicted molar refractivity (Wildman–Crippen MR) is 87.1 cm³/mol. The molecule has 1 aromatic rings. The van der Waals surface area contributed by atoms with Crippen LogP contribution in [0.2, 0.25) is 0 Å². The average Bonchev–Trinajstić information content (AvgIpc) is 2.82. The lowest BCUT2D eigenvalue weighted by Gasteiger charge is -2.42. The van der Waals surface area contributed by atoms with E-state index in [1.54, 1.807) is 18.4 Å². The standard InChI is InChI=1S/C15H27N3O2S/c1-5-6-16-9-13-12(10-19-4)17-14(21-13)18-7-8-20-11-15(18,2)3/h16H,5-11H2,1-4H3. The molecule has 1 fully saturated rings. The second-order valence-corrected chi connectivity index (χ2v) is 7.05. The van der Waals surface area contributed by atoms with E-state index < -0.39 is 0 Å². The Morgan fingerprint density at radius 2 is 2.29 bits per heavy atom. The van der Waals surface area contributed by atoms with Crippen molar-refractivity contribution in [1.29, 1.82) is 0 Å². The first-order valence-corrected chi connectivity index (χ1v) is 8.43. The summed E-state index contributed by atoms with van der Waals surface area (Å²) in [5, 5.41) is 4.55. The molecule has 0 amide bonds. The van der Waals surface area contributed by atoms with Gasteiger partial charge < -0.3 is 19.7 Å². The fourth-order valence-corrected chi connectivity index (χ4v) is 3.69. The van der Waals surface area contributed by atoms with Gasteiger partial charge in [0.15, 0.2) is 5.13 Å². The molecule has 1 aliphatic rings. The Bertz CT molecular complexity index is 448. The van der Waals surface area contributed by atoms with Gasteiger partial charge in [0, 0.05) is 25.1 Å². The summed E-state index contributed by atoms with van der Waals surface area (Å²) in [6.45, 7) is 11.5. The van der Waals surface area contributed by atoms with Crippen LogP contribution in [0.25, 0.3) is 0 Å². The second-order valence-electron chi connectivity index (χ2n) is 5.99. The fraction of sp³-hybridized carbons (Fsp3) is 0.800. The number of thiazole rings is 1. The van der Waals surface area contributed by atoms with Crippen LogP contribution < -0.4 is 10.2 Å². The minimum Gasteiger partial charge on any atom is -0.378 e. The zero-order valence-corrected chi connectivity index (χ0v) is 14.4. The SMILES string of the molecule is CCCNCc1sc(N2CCOCC2(C)C)nc1COC. The van der Waals surface area contributed by atoms with Gasteiger partial charge in [0.25, 0.3) is 0 Å². The molecule has 1 saturated heterocycles. The zero-order valence-electron chi connectivity index (χ0n) is 13.6. The van der Waals surface area contributed by atoms with Crippen LogP contribution in [0.3, 0.4) is 0 Å². The molecule has 2 rings (SSSR count). The first-order chi connectivity index (χ1) is 10.1. The first-order valence-electron chi connectivity index (χ1n) is 7.62. The van der Waals surface area contributed by atoms with Crippen LogP contribution in [0.5, 0.6) is 0 Å². The molecule has 0 atom stereocenters. The van der Waals surface area contributed by atoms with Gasteiger partial charge in [-0.15, -0.1) is 11.3 Å². The fourth-order valence-electron chi connectivity index (χ4n) is 2.46. The van der Waals surface area contributed by atoms with Crippen LogP contribution in [0.1, 0.15) is 37.8 Å². The van der Waals surface area contributed by atoms with Crippen molar-refractivity contribution < 1.29 is 9.47 Å². The normalized spacial score (nSPS) is 18.2. The molecule has 0 aliphatic carbocycles. The maximum Gasteiger partial charge on any atom is 0.186 e. The molecular formula is C15H27N3O2S. The highest BCUT2D eigenvalue weighted by Crippen LogP contribution is 2.33. The van der Waals surface area contributed by atoms with Crippen LogP contribution in [0, 0.1) is 0 Å². The highest BCUT2D eigenvalue weighted by atomic mass is 32.1. The Balaban J connectivity index is 2.17. The summed E-state index contributed by atoms with van der Waals surface area (Å²) in [7, 11) is 1.72. The second kappa shape index (κ2) is 7.54. The van der Waals surface area contributed by atoms with Crippen molar-refractivity contribution in [3.05, 3.63) is 10.6 Å². The number of rotatable bonds is 7. The number of methoxy groups -OCH3 is 1. The molecule has 0 aromatic carbocycles. The van der Waals surface area contributed by atoms with Gasteiger partial charge in [-0.25, -0.2) is 4.98 Å². The smallest absolute Gasteiger partial charge is 0.186 e. The molecule has 1 N–H and O–H groups in total. The molecule has 0 unspecified atom stereocenters. The summed E-state index contributed by atoms with van der Waals surface area (Å²) in [4.78, 5) is 8.47. The molecule has 0 saturated carbocycles. The lowest BCUT2D eigenvalue weighted by Crippen LogP contribution is -2.53. The van der Waals surface area contributed by atoms with E-state index in [4.69, 9.17) is 14.5 Å². The summed E-state index contributed by atoms with van der Waals surface area (Å²) in [5.74, 6) is 0. The van der Waals surface area contributed by atoms with Crippen LogP contribution in [-0.4, -0.2) is 43.9 Å². The van der Waals surface area contributed by atoms with E-state index in [9.17, 15) is 0 Å². The summed E-state index contributed by atoms with van der Waals surface area (Å²) in [6.07, 6.45) is 1.14. The minimum atomic E-state index is -0.00539. The number of hydrogen-bond donors (Lipinski definition) is 1. The Morgan fingerprint density at radius 3 is 2.95 bits per heavy atom. The third kappa shape index (κ3) is 4.16. The van der Waals surface area contributed by atoms with Gasteiger partial charge in [0.05, 0.1) is 31.1 Å². The predicted octanol–water partition coefficient (Wildman–Crippen LogP) is 2.40. The van der Waals surface area contributed by atoms with Crippen LogP contribution in [0.4, 0.5) is 5.13 Å². The number of ether oxygens (including phenoxy) is 2. The van der Waals surface area contributed by atoms with Crippen molar-refractivity contribution in [1.82, 2.24) is 10.3 Å². The van der Waals surface area contributed by atoms with Crippen molar-refractivity contribution in [3.8, 4) is 0 Å². The molecule has 21 heavy (non-hydrogen) atoms. The average molecular weight is 313 g/mol. The van der Waals surface area contributed by atoms with Crippen molar-refractivity contribution in [2.24, 2.45) is 0 Å². The topological polar surface area (TPSA) is 46.6 Å². The van der Waals surface area contributed by atoms with Gasteiger partial charge in [0.2, 0.25) is 0 Å². The Labute approximate surface area is 131 Å². The summed E-state index contributed by atoms with van der Waals surface area (Å²) in [5.41, 5.74) is 1.05. The largest absolute Gasteiger partial charge is 0.378 e. The molecule has 2 heterocycles. The summed E-state index contributed by atoms with van der Waals surface area (Å²) < 4.78 is 10.9. The van der Waals surface area contributed by atoms with E-state index >= 15 is 0 Å². The molecule has 0 spiro atoms. The lowest BCUT2D eigenvalue weighted by atomic mass is 10.0. The Hall–Kier alpha value is -0.690. The number of anilines is 1. The van der Waals surface area contributed by atoms with Gasteiger partial charge in [0.1, 0.15) is 0 Å². The highest BCUT2D eigenvalue weighted by Gasteiger charge is 2.33. The minimum absolute atomic E-state index is 0.00539. The Morgan fingerprint density at radius 1 is 1.48 bits per heavy atom. The van der Waals surface area contributed by atoms with Crippen molar-refractivity contribution in [3.63, 3.8) is 0 Å². The monoisotopic (exact) mass is 313 g/mol. The van der Waals surface area contributed by atoms with Crippen molar-refractivity contribution in [2.45, 2.75) is 45.9 Å². The van der Waals surface area contributed by atoms with Gasteiger partial charge >= 0.3 is 0 Å². The Kier molecular flexibility index (Phi) is 5.98. The van der Waals surface area contributed by atoms with E-state index in [1.165, 1.54) is 4.88 Å². The third-order valence-electron chi connectivity index (χ3n) is 3.64. The molecule has 5 nitrogen and oxygen atoms in total. The first kappa shape index (κ1) is 16.7. The quantitative estimate of drug-likeness (QED) is 0.783. The van der Waals surface area contributed by atoms with E-state index in [0.29, 0.717) is 6.61 Å². The zero-order chi connectivity index (χ0) is 15.3. The van der Waals surface area contributed by atoms with Crippen LogP contribution >= 0.6 is 11.3 Å². The maximum absolute atomic E-state index is 5.60. The maximum atomic E-state index is 5.60. The van der Waals surface area contributed by atoms with Gasteiger partial charge in [-0.2, -0.15) is 0 Å². The summed E-state index contributed by atoms with van der Waals surface area (Å²) >= 11 is 1.78. The number of aromatic nitrogens is 1. The number of morpholine rings is 1. The molecule has 0 radical (unpaired) electrons. The molecular weight excluding hydrogens is 286 g/mol. The van der Waals surface area contributed by atoms with E-state index in [2.05, 4.69) is 31.0 Å². The molecule has 1 aliphatic heterocycles. The molecule has 1 aromatic heterocycles. The van der Waals surface area contributed by atoms with Crippen molar-refractivity contribution >= 4 is 16.5 Å². The molecule has 6 heteroatoms. The molecule has 0 bridgehead atoms.